The van der Waals surface area contributed by atoms with Crippen molar-refractivity contribution in [1.82, 2.24) is 10.6 Å². The Hall–Kier alpha value is -1.84. The minimum Gasteiger partial charge on any atom is -0.352 e. The number of rotatable bonds is 4. The molecule has 1 aliphatic rings. The average molecular weight is 246 g/mol. The number of nitrogens with one attached hydrogen (secondary N) is 2. The maximum atomic E-state index is 11.9. The predicted molar refractivity (Wildman–Crippen MR) is 68.9 cm³/mol. The fraction of sp³-hybridized carbons (Fsp3) is 0.429. The van der Waals surface area contributed by atoms with E-state index < -0.39 is 0 Å². The summed E-state index contributed by atoms with van der Waals surface area (Å²) in [6.45, 7) is 1.97. The Morgan fingerprint density at radius 3 is 2.78 bits per heavy atom. The van der Waals surface area contributed by atoms with Crippen LogP contribution in [0.2, 0.25) is 0 Å². The van der Waals surface area contributed by atoms with Crippen molar-refractivity contribution in [3.05, 3.63) is 35.9 Å². The molecule has 2 rings (SSSR count). The summed E-state index contributed by atoms with van der Waals surface area (Å²) in [5.41, 5.74) is 1.20. The Morgan fingerprint density at radius 2 is 2.17 bits per heavy atom. The molecule has 2 atom stereocenters. The molecule has 2 N–H and O–H groups in total. The molecule has 0 aliphatic carbocycles. The largest absolute Gasteiger partial charge is 0.352 e. The Morgan fingerprint density at radius 1 is 1.44 bits per heavy atom. The van der Waals surface area contributed by atoms with Gasteiger partial charge in [0.25, 0.3) is 0 Å². The molecule has 0 bridgehead atoms. The van der Waals surface area contributed by atoms with Crippen LogP contribution in [0.25, 0.3) is 0 Å². The van der Waals surface area contributed by atoms with Gasteiger partial charge in [-0.2, -0.15) is 0 Å². The van der Waals surface area contributed by atoms with Crippen LogP contribution in [0.1, 0.15) is 25.3 Å². The molecule has 96 valence electrons. The van der Waals surface area contributed by atoms with Crippen LogP contribution in [0.15, 0.2) is 30.3 Å². The molecule has 0 saturated carbocycles. The van der Waals surface area contributed by atoms with Crippen molar-refractivity contribution in [2.45, 2.75) is 38.3 Å². The van der Waals surface area contributed by atoms with E-state index >= 15 is 0 Å². The van der Waals surface area contributed by atoms with Crippen molar-refractivity contribution in [3.63, 3.8) is 0 Å². The van der Waals surface area contributed by atoms with Gasteiger partial charge in [0.15, 0.2) is 0 Å². The van der Waals surface area contributed by atoms with Gasteiger partial charge in [-0.15, -0.1) is 0 Å². The fourth-order valence-electron chi connectivity index (χ4n) is 2.17. The molecule has 1 aromatic carbocycles. The number of carbonyl (C=O) groups is 2. The summed E-state index contributed by atoms with van der Waals surface area (Å²) in [6.07, 6.45) is 1.85. The van der Waals surface area contributed by atoms with Gasteiger partial charge in [0.1, 0.15) is 6.04 Å². The topological polar surface area (TPSA) is 58.2 Å². The molecular formula is C14H18N2O2. The fourth-order valence-corrected chi connectivity index (χ4v) is 2.17. The smallest absolute Gasteiger partial charge is 0.242 e. The molecule has 2 amide bonds. The van der Waals surface area contributed by atoms with Gasteiger partial charge in [-0.3, -0.25) is 9.59 Å². The first-order valence-electron chi connectivity index (χ1n) is 6.29. The lowest BCUT2D eigenvalue weighted by molar-refractivity contribution is -0.126. The molecule has 2 unspecified atom stereocenters. The van der Waals surface area contributed by atoms with Crippen LogP contribution in [-0.4, -0.2) is 23.9 Å². The predicted octanol–water partition coefficient (Wildman–Crippen LogP) is 1.01. The van der Waals surface area contributed by atoms with Crippen LogP contribution in [0.4, 0.5) is 0 Å². The zero-order valence-corrected chi connectivity index (χ0v) is 10.5. The lowest BCUT2D eigenvalue weighted by Gasteiger charge is -2.17. The zero-order valence-electron chi connectivity index (χ0n) is 10.5. The lowest BCUT2D eigenvalue weighted by Crippen LogP contribution is -2.45. The molecule has 1 heterocycles. The van der Waals surface area contributed by atoms with Crippen LogP contribution >= 0.6 is 0 Å². The third-order valence-electron chi connectivity index (χ3n) is 3.09. The molecule has 1 fully saturated rings. The normalized spacial score (nSPS) is 20.3. The molecule has 4 nitrogen and oxygen atoms in total. The molecule has 18 heavy (non-hydrogen) atoms. The SMILES string of the molecule is CC(Cc1ccccc1)NC(=O)C1CCC(=O)N1. The number of carbonyl (C=O) groups excluding carboxylic acids is 2. The molecule has 0 radical (unpaired) electrons. The maximum absolute atomic E-state index is 11.9. The van der Waals surface area contributed by atoms with E-state index in [1.807, 2.05) is 37.3 Å². The summed E-state index contributed by atoms with van der Waals surface area (Å²) in [5, 5.41) is 5.61. The van der Waals surface area contributed by atoms with Crippen LogP contribution in [0.5, 0.6) is 0 Å². The summed E-state index contributed by atoms with van der Waals surface area (Å²) >= 11 is 0. The first-order chi connectivity index (χ1) is 8.65. The van der Waals surface area contributed by atoms with Crippen LogP contribution < -0.4 is 10.6 Å². The van der Waals surface area contributed by atoms with E-state index in [1.165, 1.54) is 5.56 Å². The minimum atomic E-state index is -0.351. The highest BCUT2D eigenvalue weighted by Gasteiger charge is 2.27. The summed E-state index contributed by atoms with van der Waals surface area (Å²) in [4.78, 5) is 22.9. The van der Waals surface area contributed by atoms with E-state index in [1.54, 1.807) is 0 Å². The van der Waals surface area contributed by atoms with Gasteiger partial charge >= 0.3 is 0 Å². The number of benzene rings is 1. The number of amides is 2. The Kier molecular flexibility index (Phi) is 3.97. The van der Waals surface area contributed by atoms with E-state index in [0.29, 0.717) is 12.8 Å². The molecule has 0 spiro atoms. The van der Waals surface area contributed by atoms with Gasteiger partial charge in [0.05, 0.1) is 0 Å². The van der Waals surface area contributed by atoms with E-state index in [4.69, 9.17) is 0 Å². The Balaban J connectivity index is 1.82. The standard InChI is InChI=1S/C14H18N2O2/c1-10(9-11-5-3-2-4-6-11)15-14(18)12-7-8-13(17)16-12/h2-6,10,12H,7-9H2,1H3,(H,15,18)(H,16,17). The van der Waals surface area contributed by atoms with Gasteiger partial charge < -0.3 is 10.6 Å². The first-order valence-corrected chi connectivity index (χ1v) is 6.29. The summed E-state index contributed by atoms with van der Waals surface area (Å²) in [7, 11) is 0. The summed E-state index contributed by atoms with van der Waals surface area (Å²) < 4.78 is 0. The highest BCUT2D eigenvalue weighted by molar-refractivity contribution is 5.90. The molecule has 1 aromatic rings. The minimum absolute atomic E-state index is 0.0362. The molecular weight excluding hydrogens is 228 g/mol. The van der Waals surface area contributed by atoms with Gasteiger partial charge in [0, 0.05) is 12.5 Å². The van der Waals surface area contributed by atoms with Crippen LogP contribution in [0, 0.1) is 0 Å². The van der Waals surface area contributed by atoms with Gasteiger partial charge in [0.2, 0.25) is 11.8 Å². The quantitative estimate of drug-likeness (QED) is 0.833. The second kappa shape index (κ2) is 5.67. The maximum Gasteiger partial charge on any atom is 0.242 e. The van der Waals surface area contributed by atoms with Crippen molar-refractivity contribution in [3.8, 4) is 0 Å². The summed E-state index contributed by atoms with van der Waals surface area (Å²) in [6, 6.07) is 9.75. The third kappa shape index (κ3) is 3.32. The zero-order chi connectivity index (χ0) is 13.0. The van der Waals surface area contributed by atoms with E-state index in [9.17, 15) is 9.59 Å². The van der Waals surface area contributed by atoms with E-state index in [-0.39, 0.29) is 23.9 Å². The van der Waals surface area contributed by atoms with Crippen molar-refractivity contribution >= 4 is 11.8 Å². The van der Waals surface area contributed by atoms with Crippen LogP contribution in [0.3, 0.4) is 0 Å². The highest BCUT2D eigenvalue weighted by Crippen LogP contribution is 2.08. The van der Waals surface area contributed by atoms with E-state index in [0.717, 1.165) is 6.42 Å². The Bertz CT molecular complexity index is 431. The van der Waals surface area contributed by atoms with E-state index in [2.05, 4.69) is 10.6 Å². The Labute approximate surface area is 107 Å². The average Bonchev–Trinajstić information content (AvgIpc) is 2.77. The second-order valence-corrected chi connectivity index (χ2v) is 4.76. The molecule has 1 aliphatic heterocycles. The first kappa shape index (κ1) is 12.6. The third-order valence-corrected chi connectivity index (χ3v) is 3.09. The lowest BCUT2D eigenvalue weighted by atomic mass is 10.1. The number of hydrogen-bond donors (Lipinski definition) is 2. The van der Waals surface area contributed by atoms with Crippen molar-refractivity contribution in [2.75, 3.05) is 0 Å². The highest BCUT2D eigenvalue weighted by atomic mass is 16.2. The number of hydrogen-bond acceptors (Lipinski definition) is 2. The molecule has 0 aromatic heterocycles. The molecule has 1 saturated heterocycles. The summed E-state index contributed by atoms with van der Waals surface area (Å²) in [5.74, 6) is -0.116. The van der Waals surface area contributed by atoms with Crippen molar-refractivity contribution < 1.29 is 9.59 Å². The van der Waals surface area contributed by atoms with Gasteiger partial charge in [-0.25, -0.2) is 0 Å². The van der Waals surface area contributed by atoms with Gasteiger partial charge in [-0.05, 0) is 25.3 Å². The van der Waals surface area contributed by atoms with Crippen molar-refractivity contribution in [2.24, 2.45) is 0 Å². The van der Waals surface area contributed by atoms with Crippen LogP contribution in [-0.2, 0) is 16.0 Å². The monoisotopic (exact) mass is 246 g/mol. The molecule has 4 heteroatoms. The second-order valence-electron chi connectivity index (χ2n) is 4.76. The van der Waals surface area contributed by atoms with Gasteiger partial charge in [-0.1, -0.05) is 30.3 Å². The van der Waals surface area contributed by atoms with Crippen molar-refractivity contribution in [1.29, 1.82) is 0 Å².